The van der Waals surface area contributed by atoms with Gasteiger partial charge in [0.05, 0.1) is 6.42 Å². The molecular weight excluding hydrogens is 380 g/mol. The number of esters is 1. The van der Waals surface area contributed by atoms with E-state index in [0.29, 0.717) is 11.3 Å². The summed E-state index contributed by atoms with van der Waals surface area (Å²) in [5.74, 6) is -1.13. The third kappa shape index (κ3) is 5.63. The van der Waals surface area contributed by atoms with Crippen LogP contribution in [0.2, 0.25) is 0 Å². The number of aryl methyl sites for hydroxylation is 1. The maximum Gasteiger partial charge on any atom is 0.308 e. The SMILES string of the molecule is Cc1csc(=O)n1CCC(=O)OC(C)C(=O)c1ccc(NC(=O)C(C)C)cc1. The number of nitrogens with one attached hydrogen (secondary N) is 1. The Bertz CT molecular complexity index is 911. The Balaban J connectivity index is 1.90. The van der Waals surface area contributed by atoms with E-state index < -0.39 is 12.1 Å². The first-order valence-corrected chi connectivity index (χ1v) is 9.86. The third-order valence-electron chi connectivity index (χ3n) is 4.15. The first kappa shape index (κ1) is 21.6. The van der Waals surface area contributed by atoms with Crippen molar-refractivity contribution in [3.8, 4) is 0 Å². The first-order chi connectivity index (χ1) is 13.2. The number of nitrogens with zero attached hydrogens (tertiary/aromatic N) is 1. The number of aromatic nitrogens is 1. The quantitative estimate of drug-likeness (QED) is 0.539. The summed E-state index contributed by atoms with van der Waals surface area (Å²) in [6.07, 6.45) is -0.932. The van der Waals surface area contributed by atoms with Crippen molar-refractivity contribution in [1.29, 1.82) is 0 Å². The Hall–Kier alpha value is -2.74. The number of benzene rings is 1. The molecule has 0 aliphatic rings. The minimum Gasteiger partial charge on any atom is -0.454 e. The van der Waals surface area contributed by atoms with E-state index in [-0.39, 0.29) is 35.4 Å². The fourth-order valence-electron chi connectivity index (χ4n) is 2.43. The lowest BCUT2D eigenvalue weighted by Gasteiger charge is -2.13. The number of carbonyl (C=O) groups excluding carboxylic acids is 3. The molecule has 1 aromatic heterocycles. The number of carbonyl (C=O) groups is 3. The van der Waals surface area contributed by atoms with E-state index in [2.05, 4.69) is 5.32 Å². The molecule has 0 spiro atoms. The summed E-state index contributed by atoms with van der Waals surface area (Å²) >= 11 is 1.08. The van der Waals surface area contributed by atoms with Crippen molar-refractivity contribution in [2.75, 3.05) is 5.32 Å². The van der Waals surface area contributed by atoms with Crippen LogP contribution >= 0.6 is 11.3 Å². The van der Waals surface area contributed by atoms with E-state index in [1.807, 2.05) is 0 Å². The molecule has 1 heterocycles. The number of ether oxygens (including phenoxy) is 1. The molecule has 2 aromatic rings. The number of Topliss-reactive ketones (excluding diaryl/α,β-unsaturated/α-hetero) is 1. The zero-order valence-electron chi connectivity index (χ0n) is 16.4. The molecule has 2 rings (SSSR count). The van der Waals surface area contributed by atoms with Gasteiger partial charge in [-0.3, -0.25) is 19.2 Å². The van der Waals surface area contributed by atoms with Gasteiger partial charge < -0.3 is 14.6 Å². The predicted octanol–water partition coefficient (Wildman–Crippen LogP) is 3.02. The minimum atomic E-state index is -0.941. The molecule has 1 atom stereocenters. The largest absolute Gasteiger partial charge is 0.454 e. The molecule has 0 bridgehead atoms. The number of anilines is 1. The second-order valence-electron chi connectivity index (χ2n) is 6.76. The molecule has 7 nitrogen and oxygen atoms in total. The van der Waals surface area contributed by atoms with Gasteiger partial charge in [-0.05, 0) is 38.1 Å². The average molecular weight is 404 g/mol. The minimum absolute atomic E-state index is 0.00920. The molecule has 1 aromatic carbocycles. The van der Waals surface area contributed by atoms with E-state index in [1.54, 1.807) is 50.4 Å². The van der Waals surface area contributed by atoms with Crippen molar-refractivity contribution in [3.05, 3.63) is 50.6 Å². The summed E-state index contributed by atoms with van der Waals surface area (Å²) in [6, 6.07) is 6.43. The molecule has 0 fully saturated rings. The van der Waals surface area contributed by atoms with Crippen LogP contribution in [0.15, 0.2) is 34.4 Å². The topological polar surface area (TPSA) is 94.5 Å². The van der Waals surface area contributed by atoms with Gasteiger partial charge in [0.25, 0.3) is 0 Å². The highest BCUT2D eigenvalue weighted by Crippen LogP contribution is 2.14. The predicted molar refractivity (Wildman–Crippen MR) is 108 cm³/mol. The van der Waals surface area contributed by atoms with Gasteiger partial charge in [0.2, 0.25) is 11.7 Å². The summed E-state index contributed by atoms with van der Waals surface area (Å²) in [7, 11) is 0. The highest BCUT2D eigenvalue weighted by molar-refractivity contribution is 7.07. The van der Waals surface area contributed by atoms with Crippen LogP contribution in [0.1, 0.15) is 43.2 Å². The van der Waals surface area contributed by atoms with Crippen LogP contribution in [0.25, 0.3) is 0 Å². The number of hydrogen-bond donors (Lipinski definition) is 1. The number of ketones is 1. The number of amides is 1. The molecule has 0 saturated heterocycles. The van der Waals surface area contributed by atoms with E-state index in [0.717, 1.165) is 17.0 Å². The fraction of sp³-hybridized carbons (Fsp3) is 0.400. The van der Waals surface area contributed by atoms with E-state index in [4.69, 9.17) is 4.74 Å². The standard InChI is InChI=1S/C20H24N2O5S/c1-12(2)19(25)21-16-7-5-15(6-8-16)18(24)14(4)27-17(23)9-10-22-13(3)11-28-20(22)26/h5-8,11-12,14H,9-10H2,1-4H3,(H,21,25). The van der Waals surface area contributed by atoms with E-state index in [9.17, 15) is 19.2 Å². The van der Waals surface area contributed by atoms with Crippen molar-refractivity contribution >= 4 is 34.7 Å². The van der Waals surface area contributed by atoms with Crippen LogP contribution in [0.5, 0.6) is 0 Å². The smallest absolute Gasteiger partial charge is 0.308 e. The molecule has 8 heteroatoms. The van der Waals surface area contributed by atoms with Crippen LogP contribution in [0, 0.1) is 12.8 Å². The number of hydrogen-bond acceptors (Lipinski definition) is 6. The van der Waals surface area contributed by atoms with Gasteiger partial charge >= 0.3 is 10.8 Å². The lowest BCUT2D eigenvalue weighted by atomic mass is 10.1. The Morgan fingerprint density at radius 3 is 2.32 bits per heavy atom. The Morgan fingerprint density at radius 1 is 1.14 bits per heavy atom. The van der Waals surface area contributed by atoms with Crippen LogP contribution in [0.3, 0.4) is 0 Å². The van der Waals surface area contributed by atoms with E-state index in [1.165, 1.54) is 11.5 Å². The highest BCUT2D eigenvalue weighted by atomic mass is 32.1. The van der Waals surface area contributed by atoms with Gasteiger partial charge in [-0.25, -0.2) is 0 Å². The van der Waals surface area contributed by atoms with Crippen molar-refractivity contribution in [1.82, 2.24) is 4.57 Å². The van der Waals surface area contributed by atoms with Crippen molar-refractivity contribution < 1.29 is 19.1 Å². The van der Waals surface area contributed by atoms with Crippen LogP contribution < -0.4 is 10.2 Å². The zero-order chi connectivity index (χ0) is 20.8. The molecule has 150 valence electrons. The molecule has 1 unspecified atom stereocenters. The summed E-state index contributed by atoms with van der Waals surface area (Å²) in [6.45, 7) is 7.11. The van der Waals surface area contributed by atoms with Gasteiger partial charge in [0.15, 0.2) is 6.10 Å². The third-order valence-corrected chi connectivity index (χ3v) is 5.04. The maximum absolute atomic E-state index is 12.4. The monoisotopic (exact) mass is 404 g/mol. The Kier molecular flexibility index (Phi) is 7.28. The lowest BCUT2D eigenvalue weighted by Crippen LogP contribution is -2.26. The molecule has 0 radical (unpaired) electrons. The number of rotatable bonds is 8. The molecule has 1 N–H and O–H groups in total. The van der Waals surface area contributed by atoms with Crippen molar-refractivity contribution in [2.45, 2.75) is 46.8 Å². The maximum atomic E-state index is 12.4. The molecule has 0 aliphatic heterocycles. The van der Waals surface area contributed by atoms with Crippen LogP contribution in [-0.2, 0) is 20.9 Å². The summed E-state index contributed by atoms with van der Waals surface area (Å²) in [5.41, 5.74) is 1.76. The summed E-state index contributed by atoms with van der Waals surface area (Å²) in [4.78, 5) is 47.7. The summed E-state index contributed by atoms with van der Waals surface area (Å²) < 4.78 is 6.70. The number of thiazole rings is 1. The molecule has 28 heavy (non-hydrogen) atoms. The molecule has 0 saturated carbocycles. The Labute approximate surface area is 167 Å². The zero-order valence-corrected chi connectivity index (χ0v) is 17.2. The average Bonchev–Trinajstić information content (AvgIpc) is 2.97. The van der Waals surface area contributed by atoms with Gasteiger partial charge in [-0.15, -0.1) is 0 Å². The van der Waals surface area contributed by atoms with Crippen LogP contribution in [0.4, 0.5) is 5.69 Å². The van der Waals surface area contributed by atoms with Crippen molar-refractivity contribution in [2.24, 2.45) is 5.92 Å². The second kappa shape index (κ2) is 9.45. The fourth-order valence-corrected chi connectivity index (χ4v) is 3.19. The second-order valence-corrected chi connectivity index (χ2v) is 7.58. The Morgan fingerprint density at radius 2 is 1.79 bits per heavy atom. The molecule has 0 aliphatic carbocycles. The van der Waals surface area contributed by atoms with Gasteiger partial charge in [0, 0.05) is 34.8 Å². The van der Waals surface area contributed by atoms with Gasteiger partial charge in [-0.1, -0.05) is 25.2 Å². The molecule has 1 amide bonds. The van der Waals surface area contributed by atoms with Gasteiger partial charge in [-0.2, -0.15) is 0 Å². The first-order valence-electron chi connectivity index (χ1n) is 8.98. The summed E-state index contributed by atoms with van der Waals surface area (Å²) in [5, 5.41) is 4.47. The van der Waals surface area contributed by atoms with Crippen LogP contribution in [-0.4, -0.2) is 28.3 Å². The highest BCUT2D eigenvalue weighted by Gasteiger charge is 2.20. The molecular formula is C20H24N2O5S. The lowest BCUT2D eigenvalue weighted by molar-refractivity contribution is -0.146. The van der Waals surface area contributed by atoms with Crippen molar-refractivity contribution in [3.63, 3.8) is 0 Å². The van der Waals surface area contributed by atoms with E-state index >= 15 is 0 Å². The normalized spacial score (nSPS) is 11.9. The van der Waals surface area contributed by atoms with Gasteiger partial charge in [0.1, 0.15) is 0 Å².